The summed E-state index contributed by atoms with van der Waals surface area (Å²) in [4.78, 5) is 4.92. The van der Waals surface area contributed by atoms with Crippen LogP contribution in [0.25, 0.3) is 0 Å². The van der Waals surface area contributed by atoms with E-state index in [0.29, 0.717) is 11.5 Å². The van der Waals surface area contributed by atoms with Gasteiger partial charge in [0.25, 0.3) is 0 Å². The molecule has 118 valence electrons. The maximum Gasteiger partial charge on any atom is 0.0558 e. The summed E-state index contributed by atoms with van der Waals surface area (Å²) in [5.41, 5.74) is 0.295. The highest BCUT2D eigenvalue weighted by Gasteiger charge is 2.37. The van der Waals surface area contributed by atoms with Crippen LogP contribution in [0.2, 0.25) is 0 Å². The molecule has 0 aromatic rings. The summed E-state index contributed by atoms with van der Waals surface area (Å²) in [6, 6.07) is 0.536. The Morgan fingerprint density at radius 2 is 1.90 bits per heavy atom. The van der Waals surface area contributed by atoms with Crippen molar-refractivity contribution in [3.8, 4) is 0 Å². The largest absolute Gasteiger partial charge is 0.395 e. The number of β-amino-alcohol motifs (C(OH)–C–C–N with tert-alkyl or cyclic N) is 1. The third-order valence-corrected chi connectivity index (χ3v) is 4.51. The fourth-order valence-corrected chi connectivity index (χ4v) is 3.18. The molecule has 5 nitrogen and oxygen atoms in total. The van der Waals surface area contributed by atoms with Crippen molar-refractivity contribution in [3.63, 3.8) is 0 Å². The van der Waals surface area contributed by atoms with Crippen molar-refractivity contribution in [2.24, 2.45) is 5.41 Å². The highest BCUT2D eigenvalue weighted by molar-refractivity contribution is 4.90. The van der Waals surface area contributed by atoms with Gasteiger partial charge in [-0.25, -0.2) is 0 Å². The van der Waals surface area contributed by atoms with E-state index in [-0.39, 0.29) is 6.61 Å². The quantitative estimate of drug-likeness (QED) is 0.690. The van der Waals surface area contributed by atoms with Crippen LogP contribution >= 0.6 is 0 Å². The van der Waals surface area contributed by atoms with Crippen LogP contribution in [0.1, 0.15) is 20.3 Å². The number of aliphatic hydroxyl groups is 1. The second-order valence-electron chi connectivity index (χ2n) is 6.68. The molecular weight excluding hydrogens is 254 g/mol. The fourth-order valence-electron chi connectivity index (χ4n) is 3.18. The van der Waals surface area contributed by atoms with Gasteiger partial charge < -0.3 is 20.1 Å². The standard InChI is InChI=1S/C15H31N3O2/c1-14(2)16-11-15(3-10-20-13-15)12-18-6-4-17(5-7-18)8-9-19/h14,16,19H,3-13H2,1-2H3. The highest BCUT2D eigenvalue weighted by Crippen LogP contribution is 2.29. The van der Waals surface area contributed by atoms with Gasteiger partial charge in [0.2, 0.25) is 0 Å². The van der Waals surface area contributed by atoms with E-state index < -0.39 is 0 Å². The van der Waals surface area contributed by atoms with E-state index in [0.717, 1.165) is 59.0 Å². The maximum atomic E-state index is 9.00. The van der Waals surface area contributed by atoms with Gasteiger partial charge in [-0.3, -0.25) is 4.90 Å². The predicted molar refractivity (Wildman–Crippen MR) is 81.0 cm³/mol. The lowest BCUT2D eigenvalue weighted by molar-refractivity contribution is 0.0642. The summed E-state index contributed by atoms with van der Waals surface area (Å²) in [6.07, 6.45) is 1.17. The molecule has 1 atom stereocenters. The Labute approximate surface area is 123 Å². The van der Waals surface area contributed by atoms with E-state index in [2.05, 4.69) is 29.0 Å². The average molecular weight is 285 g/mol. The van der Waals surface area contributed by atoms with E-state index in [1.807, 2.05) is 0 Å². The number of ether oxygens (including phenoxy) is 1. The van der Waals surface area contributed by atoms with Gasteiger partial charge in [0, 0.05) is 63.9 Å². The van der Waals surface area contributed by atoms with Crippen LogP contribution in [-0.4, -0.2) is 86.6 Å². The summed E-state index contributed by atoms with van der Waals surface area (Å²) in [5, 5.41) is 12.6. The molecule has 2 rings (SSSR count). The minimum Gasteiger partial charge on any atom is -0.395 e. The zero-order valence-corrected chi connectivity index (χ0v) is 13.1. The SMILES string of the molecule is CC(C)NCC1(CN2CCN(CCO)CC2)CCOC1. The molecule has 0 spiro atoms. The Morgan fingerprint density at radius 3 is 2.45 bits per heavy atom. The minimum atomic E-state index is 0.274. The first-order valence-corrected chi connectivity index (χ1v) is 8.00. The third kappa shape index (κ3) is 4.67. The summed E-state index contributed by atoms with van der Waals surface area (Å²) >= 11 is 0. The van der Waals surface area contributed by atoms with Crippen LogP contribution in [0.3, 0.4) is 0 Å². The molecule has 0 aliphatic carbocycles. The Hall–Kier alpha value is -0.200. The van der Waals surface area contributed by atoms with Crippen LogP contribution in [0.15, 0.2) is 0 Å². The molecule has 2 aliphatic rings. The number of nitrogens with one attached hydrogen (secondary N) is 1. The van der Waals surface area contributed by atoms with E-state index >= 15 is 0 Å². The van der Waals surface area contributed by atoms with Crippen molar-refractivity contribution in [3.05, 3.63) is 0 Å². The molecule has 2 N–H and O–H groups in total. The average Bonchev–Trinajstić information content (AvgIpc) is 2.88. The van der Waals surface area contributed by atoms with Gasteiger partial charge in [-0.05, 0) is 6.42 Å². The molecule has 0 aromatic carbocycles. The summed E-state index contributed by atoms with van der Waals surface area (Å²) in [7, 11) is 0. The topological polar surface area (TPSA) is 48.0 Å². The molecule has 1 unspecified atom stereocenters. The predicted octanol–water partition coefficient (Wildman–Crippen LogP) is 0.00100. The second-order valence-corrected chi connectivity index (χ2v) is 6.68. The van der Waals surface area contributed by atoms with Crippen LogP contribution in [0, 0.1) is 5.41 Å². The third-order valence-electron chi connectivity index (χ3n) is 4.51. The summed E-state index contributed by atoms with van der Waals surface area (Å²) in [5.74, 6) is 0. The Balaban J connectivity index is 1.80. The van der Waals surface area contributed by atoms with Crippen molar-refractivity contribution < 1.29 is 9.84 Å². The van der Waals surface area contributed by atoms with Gasteiger partial charge >= 0.3 is 0 Å². The molecule has 0 aromatic heterocycles. The normalized spacial score (nSPS) is 29.4. The first-order chi connectivity index (χ1) is 9.63. The Kier molecular flexibility index (Phi) is 6.23. The van der Waals surface area contributed by atoms with Crippen LogP contribution in [0.4, 0.5) is 0 Å². The molecule has 0 saturated carbocycles. The number of hydrogen-bond acceptors (Lipinski definition) is 5. The molecule has 2 fully saturated rings. The number of nitrogens with zero attached hydrogens (tertiary/aromatic N) is 2. The highest BCUT2D eigenvalue weighted by atomic mass is 16.5. The van der Waals surface area contributed by atoms with Crippen molar-refractivity contribution >= 4 is 0 Å². The fraction of sp³-hybridized carbons (Fsp3) is 1.00. The minimum absolute atomic E-state index is 0.274. The molecule has 0 amide bonds. The van der Waals surface area contributed by atoms with Gasteiger partial charge in [-0.15, -0.1) is 0 Å². The molecule has 2 saturated heterocycles. The molecular formula is C15H31N3O2. The van der Waals surface area contributed by atoms with Crippen LogP contribution in [-0.2, 0) is 4.74 Å². The van der Waals surface area contributed by atoms with Crippen LogP contribution < -0.4 is 5.32 Å². The maximum absolute atomic E-state index is 9.00. The number of piperazine rings is 1. The lowest BCUT2D eigenvalue weighted by atomic mass is 9.86. The van der Waals surface area contributed by atoms with Gasteiger partial charge in [0.15, 0.2) is 0 Å². The first kappa shape index (κ1) is 16.2. The summed E-state index contributed by atoms with van der Waals surface area (Å²) in [6.45, 7) is 13.9. The van der Waals surface area contributed by atoms with Crippen LogP contribution in [0.5, 0.6) is 0 Å². The van der Waals surface area contributed by atoms with E-state index in [1.165, 1.54) is 6.42 Å². The van der Waals surface area contributed by atoms with Gasteiger partial charge in [-0.2, -0.15) is 0 Å². The van der Waals surface area contributed by atoms with E-state index in [1.54, 1.807) is 0 Å². The number of hydrogen-bond donors (Lipinski definition) is 2. The molecule has 0 radical (unpaired) electrons. The summed E-state index contributed by atoms with van der Waals surface area (Å²) < 4.78 is 5.68. The zero-order valence-electron chi connectivity index (χ0n) is 13.1. The molecule has 2 heterocycles. The molecule has 20 heavy (non-hydrogen) atoms. The van der Waals surface area contributed by atoms with Crippen molar-refractivity contribution in [1.82, 2.24) is 15.1 Å². The Bertz CT molecular complexity index is 272. The molecule has 0 bridgehead atoms. The van der Waals surface area contributed by atoms with Crippen molar-refractivity contribution in [1.29, 1.82) is 0 Å². The van der Waals surface area contributed by atoms with E-state index in [4.69, 9.17) is 9.84 Å². The van der Waals surface area contributed by atoms with Crippen molar-refractivity contribution in [2.45, 2.75) is 26.3 Å². The lowest BCUT2D eigenvalue weighted by Gasteiger charge is -2.40. The van der Waals surface area contributed by atoms with Gasteiger partial charge in [0.05, 0.1) is 13.2 Å². The number of aliphatic hydroxyl groups excluding tert-OH is 1. The van der Waals surface area contributed by atoms with E-state index in [9.17, 15) is 0 Å². The van der Waals surface area contributed by atoms with Gasteiger partial charge in [0.1, 0.15) is 0 Å². The molecule has 2 aliphatic heterocycles. The van der Waals surface area contributed by atoms with Gasteiger partial charge in [-0.1, -0.05) is 13.8 Å². The second kappa shape index (κ2) is 7.71. The van der Waals surface area contributed by atoms with Crippen molar-refractivity contribution in [2.75, 3.05) is 65.6 Å². The lowest BCUT2D eigenvalue weighted by Crippen LogP contribution is -2.52. The zero-order chi connectivity index (χ0) is 14.4. The Morgan fingerprint density at radius 1 is 1.20 bits per heavy atom. The smallest absolute Gasteiger partial charge is 0.0558 e. The monoisotopic (exact) mass is 285 g/mol. The molecule has 5 heteroatoms. The number of rotatable bonds is 7. The first-order valence-electron chi connectivity index (χ1n) is 8.00.